The predicted molar refractivity (Wildman–Crippen MR) is 129 cm³/mol. The molecule has 30 heavy (non-hydrogen) atoms. The SMILES string of the molecule is CCNC(=NCC1Cc2ccccc2O1)NCCNc1ncnc2c1cnn2C.I. The molecule has 1 aromatic carbocycles. The number of aliphatic imine (C=N–C) groups is 1. The van der Waals surface area contributed by atoms with Crippen LogP contribution >= 0.6 is 24.0 Å². The van der Waals surface area contributed by atoms with E-state index in [1.165, 1.54) is 5.56 Å². The van der Waals surface area contributed by atoms with Crippen molar-refractivity contribution in [2.24, 2.45) is 12.0 Å². The highest BCUT2D eigenvalue weighted by Gasteiger charge is 2.21. The molecule has 3 aromatic rings. The number of ether oxygens (including phenoxy) is 1. The summed E-state index contributed by atoms with van der Waals surface area (Å²) in [7, 11) is 1.87. The molecule has 0 bridgehead atoms. The van der Waals surface area contributed by atoms with E-state index in [0.29, 0.717) is 19.6 Å². The van der Waals surface area contributed by atoms with E-state index in [-0.39, 0.29) is 30.1 Å². The largest absolute Gasteiger partial charge is 0.488 e. The summed E-state index contributed by atoms with van der Waals surface area (Å²) in [4.78, 5) is 13.2. The fourth-order valence-corrected chi connectivity index (χ4v) is 3.36. The zero-order chi connectivity index (χ0) is 20.1. The van der Waals surface area contributed by atoms with Gasteiger partial charge in [-0.15, -0.1) is 24.0 Å². The van der Waals surface area contributed by atoms with Crippen molar-refractivity contribution in [1.82, 2.24) is 30.4 Å². The average molecular weight is 522 g/mol. The summed E-state index contributed by atoms with van der Waals surface area (Å²) in [5, 5.41) is 15.1. The van der Waals surface area contributed by atoms with Crippen LogP contribution in [0.2, 0.25) is 0 Å². The van der Waals surface area contributed by atoms with E-state index < -0.39 is 0 Å². The summed E-state index contributed by atoms with van der Waals surface area (Å²) in [6.07, 6.45) is 4.30. The number of halogens is 1. The molecule has 0 radical (unpaired) electrons. The highest BCUT2D eigenvalue weighted by molar-refractivity contribution is 14.0. The van der Waals surface area contributed by atoms with Crippen LogP contribution in [0.3, 0.4) is 0 Å². The summed E-state index contributed by atoms with van der Waals surface area (Å²) in [5.74, 6) is 2.54. The Morgan fingerprint density at radius 1 is 1.23 bits per heavy atom. The Hall–Kier alpha value is -2.63. The molecule has 1 aliphatic rings. The zero-order valence-electron chi connectivity index (χ0n) is 17.1. The van der Waals surface area contributed by atoms with Crippen molar-refractivity contribution in [3.05, 3.63) is 42.4 Å². The second-order valence-corrected chi connectivity index (χ2v) is 6.85. The van der Waals surface area contributed by atoms with Gasteiger partial charge in [0.2, 0.25) is 0 Å². The zero-order valence-corrected chi connectivity index (χ0v) is 19.5. The number of rotatable bonds is 7. The van der Waals surface area contributed by atoms with Gasteiger partial charge >= 0.3 is 0 Å². The maximum absolute atomic E-state index is 5.96. The topological polar surface area (TPSA) is 101 Å². The van der Waals surface area contributed by atoms with Crippen molar-refractivity contribution in [2.75, 3.05) is 31.5 Å². The van der Waals surface area contributed by atoms with Crippen molar-refractivity contribution in [3.63, 3.8) is 0 Å². The molecule has 9 nitrogen and oxygen atoms in total. The minimum absolute atomic E-state index is 0. The van der Waals surface area contributed by atoms with E-state index in [9.17, 15) is 0 Å². The highest BCUT2D eigenvalue weighted by Crippen LogP contribution is 2.28. The molecule has 1 unspecified atom stereocenters. The maximum Gasteiger partial charge on any atom is 0.191 e. The van der Waals surface area contributed by atoms with Crippen LogP contribution in [0.1, 0.15) is 12.5 Å². The van der Waals surface area contributed by atoms with Crippen LogP contribution in [0, 0.1) is 0 Å². The van der Waals surface area contributed by atoms with E-state index in [2.05, 4.69) is 49.0 Å². The Morgan fingerprint density at radius 3 is 2.93 bits per heavy atom. The minimum Gasteiger partial charge on any atom is -0.488 e. The first-order valence-corrected chi connectivity index (χ1v) is 9.88. The fourth-order valence-electron chi connectivity index (χ4n) is 3.36. The molecular weight excluding hydrogens is 495 g/mol. The predicted octanol–water partition coefficient (Wildman–Crippen LogP) is 1.95. The Kier molecular flexibility index (Phi) is 7.66. The van der Waals surface area contributed by atoms with Gasteiger partial charge in [0.1, 0.15) is 24.0 Å². The van der Waals surface area contributed by atoms with E-state index >= 15 is 0 Å². The number of anilines is 1. The third-order valence-corrected chi connectivity index (χ3v) is 4.75. The first-order valence-electron chi connectivity index (χ1n) is 9.88. The second-order valence-electron chi connectivity index (χ2n) is 6.85. The third-order valence-electron chi connectivity index (χ3n) is 4.75. The fraction of sp³-hybridized carbons (Fsp3) is 0.400. The number of nitrogens with zero attached hydrogens (tertiary/aromatic N) is 5. The van der Waals surface area contributed by atoms with E-state index in [1.54, 1.807) is 17.2 Å². The Morgan fingerprint density at radius 2 is 2.10 bits per heavy atom. The molecule has 2 aromatic heterocycles. The lowest BCUT2D eigenvalue weighted by molar-refractivity contribution is 0.241. The van der Waals surface area contributed by atoms with Gasteiger partial charge < -0.3 is 20.7 Å². The van der Waals surface area contributed by atoms with Crippen LogP contribution < -0.4 is 20.7 Å². The number of para-hydroxylation sites is 1. The van der Waals surface area contributed by atoms with E-state index in [1.807, 2.05) is 25.2 Å². The molecule has 3 heterocycles. The van der Waals surface area contributed by atoms with Crippen LogP contribution in [0.25, 0.3) is 11.0 Å². The summed E-state index contributed by atoms with van der Waals surface area (Å²) >= 11 is 0. The lowest BCUT2D eigenvalue weighted by atomic mass is 10.1. The molecule has 3 N–H and O–H groups in total. The lowest BCUT2D eigenvalue weighted by Gasteiger charge is -2.14. The molecule has 1 aliphatic heterocycles. The molecule has 0 fully saturated rings. The monoisotopic (exact) mass is 522 g/mol. The van der Waals surface area contributed by atoms with Gasteiger partial charge in [0.05, 0.1) is 18.1 Å². The molecule has 0 spiro atoms. The van der Waals surface area contributed by atoms with Gasteiger partial charge in [0.25, 0.3) is 0 Å². The molecule has 0 amide bonds. The summed E-state index contributed by atoms with van der Waals surface area (Å²) in [6, 6.07) is 8.17. The smallest absolute Gasteiger partial charge is 0.191 e. The number of hydrogen-bond donors (Lipinski definition) is 3. The number of fused-ring (bicyclic) bond motifs is 2. The third kappa shape index (κ3) is 5.10. The van der Waals surface area contributed by atoms with Gasteiger partial charge in [-0.1, -0.05) is 18.2 Å². The lowest BCUT2D eigenvalue weighted by Crippen LogP contribution is -2.40. The Labute approximate surface area is 192 Å². The summed E-state index contributed by atoms with van der Waals surface area (Å²) in [6.45, 7) is 4.85. The summed E-state index contributed by atoms with van der Waals surface area (Å²) < 4.78 is 7.70. The van der Waals surface area contributed by atoms with Crippen LogP contribution in [0.5, 0.6) is 5.75 Å². The van der Waals surface area contributed by atoms with Crippen molar-refractivity contribution in [2.45, 2.75) is 19.4 Å². The van der Waals surface area contributed by atoms with Crippen LogP contribution in [0.4, 0.5) is 5.82 Å². The number of benzene rings is 1. The first-order chi connectivity index (χ1) is 14.2. The Balaban J connectivity index is 0.00000256. The summed E-state index contributed by atoms with van der Waals surface area (Å²) in [5.41, 5.74) is 2.06. The van der Waals surface area contributed by atoms with Crippen molar-refractivity contribution in [1.29, 1.82) is 0 Å². The molecule has 0 saturated heterocycles. The van der Waals surface area contributed by atoms with Gasteiger partial charge in [-0.2, -0.15) is 5.10 Å². The van der Waals surface area contributed by atoms with E-state index in [0.717, 1.165) is 41.5 Å². The molecule has 1 atom stereocenters. The van der Waals surface area contributed by atoms with Crippen LogP contribution in [-0.4, -0.2) is 58.0 Å². The highest BCUT2D eigenvalue weighted by atomic mass is 127. The normalized spacial score (nSPS) is 15.3. The van der Waals surface area contributed by atoms with Gasteiger partial charge in [-0.25, -0.2) is 15.0 Å². The number of aromatic nitrogens is 4. The average Bonchev–Trinajstić information content (AvgIpc) is 3.33. The molecule has 0 saturated carbocycles. The Bertz CT molecular complexity index is 980. The minimum atomic E-state index is 0. The standard InChI is InChI=1S/C20H26N8O.HI/c1-3-21-20(24-11-15-10-14-6-4-5-7-17(14)29-15)23-9-8-22-18-16-12-27-28(2)19(16)26-13-25-18;/h4-7,12-13,15H,3,8-11H2,1-2H3,(H2,21,23,24)(H,22,25,26);1H. The van der Waals surface area contributed by atoms with Gasteiger partial charge in [-0.3, -0.25) is 4.68 Å². The number of hydrogen-bond acceptors (Lipinski definition) is 6. The van der Waals surface area contributed by atoms with Gasteiger partial charge in [0, 0.05) is 33.1 Å². The molecule has 10 heteroatoms. The van der Waals surface area contributed by atoms with Crippen molar-refractivity contribution >= 4 is 46.8 Å². The molecule has 160 valence electrons. The number of nitrogens with one attached hydrogen (secondary N) is 3. The number of aryl methyl sites for hydroxylation is 1. The molecule has 0 aliphatic carbocycles. The number of guanidine groups is 1. The quantitative estimate of drug-likeness (QED) is 0.189. The van der Waals surface area contributed by atoms with E-state index in [4.69, 9.17) is 4.74 Å². The first kappa shape index (κ1) is 22.1. The molecule has 4 rings (SSSR count). The van der Waals surface area contributed by atoms with Crippen molar-refractivity contribution < 1.29 is 4.74 Å². The van der Waals surface area contributed by atoms with Crippen LogP contribution in [0.15, 0.2) is 41.8 Å². The molecular formula is C20H27IN8O. The van der Waals surface area contributed by atoms with Crippen molar-refractivity contribution in [3.8, 4) is 5.75 Å². The maximum atomic E-state index is 5.96. The van der Waals surface area contributed by atoms with Gasteiger partial charge in [-0.05, 0) is 18.6 Å². The second kappa shape index (κ2) is 10.4. The van der Waals surface area contributed by atoms with Crippen LogP contribution in [-0.2, 0) is 13.5 Å². The van der Waals surface area contributed by atoms with Gasteiger partial charge in [0.15, 0.2) is 11.6 Å².